The third kappa shape index (κ3) is 4.43. The predicted molar refractivity (Wildman–Crippen MR) is 107 cm³/mol. The molecular weight excluding hydrogens is 376 g/mol. The number of rotatable bonds is 7. The first-order valence-electron chi connectivity index (χ1n) is 9.35. The summed E-state index contributed by atoms with van der Waals surface area (Å²) < 4.78 is 33.1. The first-order chi connectivity index (χ1) is 13.4. The second kappa shape index (κ2) is 8.86. The SMILES string of the molecule is COCCNC(=O)C[C@@H]1c2ccccc2CCN1S(=O)(=O)c1ccc(C)cc1. The number of hydrogen-bond donors (Lipinski definition) is 1. The summed E-state index contributed by atoms with van der Waals surface area (Å²) in [7, 11) is -2.14. The van der Waals surface area contributed by atoms with Crippen molar-refractivity contribution >= 4 is 15.9 Å². The number of sulfonamides is 1. The minimum absolute atomic E-state index is 0.0752. The van der Waals surface area contributed by atoms with Crippen LogP contribution in [-0.4, -0.2) is 45.4 Å². The molecule has 1 N–H and O–H groups in total. The van der Waals surface area contributed by atoms with E-state index in [2.05, 4.69) is 5.32 Å². The van der Waals surface area contributed by atoms with E-state index >= 15 is 0 Å². The third-order valence-electron chi connectivity index (χ3n) is 5.00. The Labute approximate surface area is 166 Å². The summed E-state index contributed by atoms with van der Waals surface area (Å²) in [5.41, 5.74) is 2.98. The lowest BCUT2D eigenvalue weighted by molar-refractivity contribution is -0.122. The zero-order valence-electron chi connectivity index (χ0n) is 16.2. The highest BCUT2D eigenvalue weighted by Crippen LogP contribution is 2.36. The van der Waals surface area contributed by atoms with Crippen molar-refractivity contribution in [3.63, 3.8) is 0 Å². The van der Waals surface area contributed by atoms with Crippen LogP contribution in [-0.2, 0) is 26.0 Å². The van der Waals surface area contributed by atoms with Gasteiger partial charge in [0.15, 0.2) is 0 Å². The van der Waals surface area contributed by atoms with Crippen molar-refractivity contribution in [1.29, 1.82) is 0 Å². The Morgan fingerprint density at radius 2 is 1.89 bits per heavy atom. The van der Waals surface area contributed by atoms with Gasteiger partial charge in [-0.15, -0.1) is 0 Å². The maximum absolute atomic E-state index is 13.3. The van der Waals surface area contributed by atoms with Gasteiger partial charge in [-0.3, -0.25) is 4.79 Å². The van der Waals surface area contributed by atoms with E-state index in [1.54, 1.807) is 31.4 Å². The summed E-state index contributed by atoms with van der Waals surface area (Å²) in [6.45, 7) is 3.08. The van der Waals surface area contributed by atoms with E-state index in [-0.39, 0.29) is 17.2 Å². The minimum Gasteiger partial charge on any atom is -0.383 e. The summed E-state index contributed by atoms with van der Waals surface area (Å²) in [4.78, 5) is 12.7. The normalized spacial score (nSPS) is 17.1. The van der Waals surface area contributed by atoms with Crippen LogP contribution in [0.5, 0.6) is 0 Å². The van der Waals surface area contributed by atoms with Gasteiger partial charge in [0.05, 0.1) is 17.5 Å². The molecule has 1 amide bonds. The number of carbonyl (C=O) groups excluding carboxylic acids is 1. The lowest BCUT2D eigenvalue weighted by Crippen LogP contribution is -2.42. The molecule has 0 aromatic heterocycles. The van der Waals surface area contributed by atoms with Crippen molar-refractivity contribution < 1.29 is 17.9 Å². The van der Waals surface area contributed by atoms with E-state index in [1.807, 2.05) is 31.2 Å². The van der Waals surface area contributed by atoms with Crippen LogP contribution in [0.1, 0.15) is 29.2 Å². The first kappa shape index (κ1) is 20.5. The molecular formula is C21H26N2O4S. The molecule has 150 valence electrons. The molecule has 1 heterocycles. The molecule has 0 bridgehead atoms. The molecule has 1 atom stereocenters. The monoisotopic (exact) mass is 402 g/mol. The van der Waals surface area contributed by atoms with Crippen LogP contribution in [0.25, 0.3) is 0 Å². The van der Waals surface area contributed by atoms with Gasteiger partial charge in [-0.2, -0.15) is 4.31 Å². The van der Waals surface area contributed by atoms with Crippen molar-refractivity contribution in [2.75, 3.05) is 26.8 Å². The molecule has 1 aliphatic rings. The van der Waals surface area contributed by atoms with E-state index in [1.165, 1.54) is 4.31 Å². The lowest BCUT2D eigenvalue weighted by atomic mass is 9.92. The quantitative estimate of drug-likeness (QED) is 0.722. The molecule has 0 radical (unpaired) electrons. The van der Waals surface area contributed by atoms with Gasteiger partial charge >= 0.3 is 0 Å². The highest BCUT2D eigenvalue weighted by atomic mass is 32.2. The molecule has 3 rings (SSSR count). The zero-order valence-corrected chi connectivity index (χ0v) is 17.0. The minimum atomic E-state index is -3.71. The number of ether oxygens (including phenoxy) is 1. The van der Waals surface area contributed by atoms with Crippen molar-refractivity contribution in [1.82, 2.24) is 9.62 Å². The molecule has 0 saturated heterocycles. The molecule has 0 saturated carbocycles. The van der Waals surface area contributed by atoms with Gasteiger partial charge < -0.3 is 10.1 Å². The van der Waals surface area contributed by atoms with Crippen LogP contribution in [0.2, 0.25) is 0 Å². The standard InChI is InChI=1S/C21H26N2O4S/c1-16-7-9-18(10-8-16)28(25,26)23-13-11-17-5-3-4-6-19(17)20(23)15-21(24)22-12-14-27-2/h3-10,20H,11-15H2,1-2H3,(H,22,24)/t20-/m1/s1. The van der Waals surface area contributed by atoms with Crippen LogP contribution >= 0.6 is 0 Å². The number of hydrogen-bond acceptors (Lipinski definition) is 4. The van der Waals surface area contributed by atoms with Crippen LogP contribution < -0.4 is 5.32 Å². The molecule has 1 aliphatic heterocycles. The second-order valence-electron chi connectivity index (χ2n) is 6.94. The first-order valence-corrected chi connectivity index (χ1v) is 10.8. The Morgan fingerprint density at radius 3 is 2.61 bits per heavy atom. The smallest absolute Gasteiger partial charge is 0.243 e. The molecule has 2 aromatic carbocycles. The number of amides is 1. The van der Waals surface area contributed by atoms with Crippen molar-refractivity contribution in [2.24, 2.45) is 0 Å². The number of aryl methyl sites for hydroxylation is 1. The Hall–Kier alpha value is -2.22. The Balaban J connectivity index is 1.92. The molecule has 0 aliphatic carbocycles. The second-order valence-corrected chi connectivity index (χ2v) is 8.83. The van der Waals surface area contributed by atoms with Gasteiger partial charge in [-0.1, -0.05) is 42.0 Å². The Bertz CT molecular complexity index is 926. The highest BCUT2D eigenvalue weighted by molar-refractivity contribution is 7.89. The summed E-state index contributed by atoms with van der Waals surface area (Å²) in [6.07, 6.45) is 0.703. The van der Waals surface area contributed by atoms with Gasteiger partial charge in [-0.05, 0) is 36.6 Å². The molecule has 2 aromatic rings. The van der Waals surface area contributed by atoms with Gasteiger partial charge in [-0.25, -0.2) is 8.42 Å². The number of fused-ring (bicyclic) bond motifs is 1. The number of nitrogens with one attached hydrogen (secondary N) is 1. The van der Waals surface area contributed by atoms with Gasteiger partial charge in [0.2, 0.25) is 15.9 Å². The maximum Gasteiger partial charge on any atom is 0.243 e. The third-order valence-corrected chi connectivity index (χ3v) is 6.92. The fourth-order valence-corrected chi connectivity index (χ4v) is 5.12. The van der Waals surface area contributed by atoms with E-state index < -0.39 is 16.1 Å². The Morgan fingerprint density at radius 1 is 1.18 bits per heavy atom. The van der Waals surface area contributed by atoms with Gasteiger partial charge in [0.25, 0.3) is 0 Å². The number of nitrogens with zero attached hydrogens (tertiary/aromatic N) is 1. The molecule has 0 fully saturated rings. The Kier molecular flexibility index (Phi) is 6.49. The number of carbonyl (C=O) groups is 1. The highest BCUT2D eigenvalue weighted by Gasteiger charge is 2.37. The molecule has 0 unspecified atom stereocenters. The van der Waals surface area contributed by atoms with Crippen molar-refractivity contribution in [3.05, 3.63) is 65.2 Å². The maximum atomic E-state index is 13.3. The van der Waals surface area contributed by atoms with Crippen molar-refractivity contribution in [3.8, 4) is 0 Å². The molecule has 28 heavy (non-hydrogen) atoms. The molecule has 0 spiro atoms. The van der Waals surface area contributed by atoms with Crippen molar-refractivity contribution in [2.45, 2.75) is 30.7 Å². The van der Waals surface area contributed by atoms with Crippen LogP contribution in [0.4, 0.5) is 0 Å². The number of methoxy groups -OCH3 is 1. The van der Waals surface area contributed by atoms with E-state index in [0.29, 0.717) is 26.1 Å². The van der Waals surface area contributed by atoms with E-state index in [4.69, 9.17) is 4.74 Å². The van der Waals surface area contributed by atoms with E-state index in [9.17, 15) is 13.2 Å². The topological polar surface area (TPSA) is 75.7 Å². The summed E-state index contributed by atoms with van der Waals surface area (Å²) in [5.74, 6) is -0.192. The largest absolute Gasteiger partial charge is 0.383 e. The number of benzene rings is 2. The van der Waals surface area contributed by atoms with E-state index in [0.717, 1.165) is 16.7 Å². The van der Waals surface area contributed by atoms with Gasteiger partial charge in [0, 0.05) is 26.6 Å². The summed E-state index contributed by atoms with van der Waals surface area (Å²) in [6, 6.07) is 14.0. The summed E-state index contributed by atoms with van der Waals surface area (Å²) >= 11 is 0. The molecule has 6 nitrogen and oxygen atoms in total. The lowest BCUT2D eigenvalue weighted by Gasteiger charge is -2.36. The summed E-state index contributed by atoms with van der Waals surface area (Å²) in [5, 5.41) is 2.80. The van der Waals surface area contributed by atoms with Crippen LogP contribution in [0.3, 0.4) is 0 Å². The van der Waals surface area contributed by atoms with Crippen LogP contribution in [0, 0.1) is 6.92 Å². The zero-order chi connectivity index (χ0) is 20.1. The molecule has 7 heteroatoms. The average Bonchev–Trinajstić information content (AvgIpc) is 2.68. The fraction of sp³-hybridized carbons (Fsp3) is 0.381. The van der Waals surface area contributed by atoms with Gasteiger partial charge in [0.1, 0.15) is 0 Å². The fourth-order valence-electron chi connectivity index (χ4n) is 3.51. The average molecular weight is 403 g/mol. The predicted octanol–water partition coefficient (Wildman–Crippen LogP) is 2.44. The van der Waals surface area contributed by atoms with Crippen LogP contribution in [0.15, 0.2) is 53.4 Å².